The number of thiazole rings is 1. The predicted octanol–water partition coefficient (Wildman–Crippen LogP) is 6.06. The fraction of sp³-hybridized carbons (Fsp3) is 0.333. The molecule has 0 radical (unpaired) electrons. The molecule has 40 heavy (non-hydrogen) atoms. The van der Waals surface area contributed by atoms with Crippen LogP contribution in [0.25, 0.3) is 11.0 Å². The highest BCUT2D eigenvalue weighted by atomic mass is 32.1. The Balaban J connectivity index is 1.68. The third-order valence-electron chi connectivity index (χ3n) is 6.73. The Labute approximate surface area is 235 Å². The van der Waals surface area contributed by atoms with Crippen molar-refractivity contribution in [2.24, 2.45) is 0 Å². The molecule has 208 valence electrons. The number of methoxy groups -OCH3 is 1. The number of hydrogen-bond donors (Lipinski definition) is 0. The van der Waals surface area contributed by atoms with E-state index in [0.717, 1.165) is 30.6 Å². The summed E-state index contributed by atoms with van der Waals surface area (Å²) in [6, 6.07) is 11.3. The van der Waals surface area contributed by atoms with E-state index in [1.54, 1.807) is 43.3 Å². The van der Waals surface area contributed by atoms with Crippen molar-refractivity contribution >= 4 is 39.3 Å². The molecule has 0 fully saturated rings. The van der Waals surface area contributed by atoms with Crippen LogP contribution in [-0.4, -0.2) is 37.2 Å². The van der Waals surface area contributed by atoms with Gasteiger partial charge in [0.15, 0.2) is 22.1 Å². The number of ether oxygens (including phenoxy) is 3. The van der Waals surface area contributed by atoms with Gasteiger partial charge < -0.3 is 18.6 Å². The minimum atomic E-state index is -0.868. The smallest absolute Gasteiger partial charge is 0.350 e. The van der Waals surface area contributed by atoms with Crippen molar-refractivity contribution in [3.63, 3.8) is 0 Å². The second-order valence-electron chi connectivity index (χ2n) is 9.35. The summed E-state index contributed by atoms with van der Waals surface area (Å²) in [5.41, 5.74) is 1.25. The fourth-order valence-electron chi connectivity index (χ4n) is 4.82. The van der Waals surface area contributed by atoms with Gasteiger partial charge in [0.25, 0.3) is 5.91 Å². The van der Waals surface area contributed by atoms with Crippen LogP contribution in [-0.2, 0) is 4.74 Å². The average molecular weight is 563 g/mol. The van der Waals surface area contributed by atoms with E-state index in [1.807, 2.05) is 13.0 Å². The number of carbonyl (C=O) groups excluding carboxylic acids is 2. The monoisotopic (exact) mass is 562 g/mol. The first kappa shape index (κ1) is 27.4. The van der Waals surface area contributed by atoms with E-state index in [-0.39, 0.29) is 26.8 Å². The van der Waals surface area contributed by atoms with Gasteiger partial charge in [-0.25, -0.2) is 9.78 Å². The SMILES string of the molecule is CCCCCOc1ccc(C2c3c(oc4ccccc4c3=O)C(=O)N2c2nc(C)c(C(=O)OC)s2)cc1OCC. The number of aromatic nitrogens is 1. The summed E-state index contributed by atoms with van der Waals surface area (Å²) in [7, 11) is 1.29. The van der Waals surface area contributed by atoms with Gasteiger partial charge in [0.1, 0.15) is 10.5 Å². The molecule has 0 aliphatic carbocycles. The van der Waals surface area contributed by atoms with Gasteiger partial charge in [0, 0.05) is 0 Å². The minimum absolute atomic E-state index is 0.0565. The summed E-state index contributed by atoms with van der Waals surface area (Å²) < 4.78 is 22.8. The first-order chi connectivity index (χ1) is 19.4. The van der Waals surface area contributed by atoms with Gasteiger partial charge in [0.2, 0.25) is 5.76 Å². The lowest BCUT2D eigenvalue weighted by Crippen LogP contribution is -2.29. The molecule has 1 aliphatic heterocycles. The number of para-hydroxylation sites is 1. The quantitative estimate of drug-likeness (QED) is 0.169. The van der Waals surface area contributed by atoms with Gasteiger partial charge in [0.05, 0.1) is 43.0 Å². The molecule has 1 aliphatic rings. The van der Waals surface area contributed by atoms with Crippen molar-refractivity contribution in [1.29, 1.82) is 0 Å². The molecular weight excluding hydrogens is 532 g/mol. The van der Waals surface area contributed by atoms with Crippen LogP contribution < -0.4 is 19.8 Å². The summed E-state index contributed by atoms with van der Waals surface area (Å²) >= 11 is 1.03. The van der Waals surface area contributed by atoms with Gasteiger partial charge >= 0.3 is 5.97 Å². The average Bonchev–Trinajstić information content (AvgIpc) is 3.48. The van der Waals surface area contributed by atoms with E-state index in [9.17, 15) is 14.4 Å². The van der Waals surface area contributed by atoms with Crippen LogP contribution in [0.3, 0.4) is 0 Å². The number of rotatable bonds is 10. The Hall–Kier alpha value is -4.18. The molecule has 0 spiro atoms. The number of esters is 1. The summed E-state index contributed by atoms with van der Waals surface area (Å²) in [6.45, 7) is 6.63. The van der Waals surface area contributed by atoms with Crippen molar-refractivity contribution < 1.29 is 28.2 Å². The number of hydrogen-bond acceptors (Lipinski definition) is 9. The molecule has 1 atom stereocenters. The zero-order valence-corrected chi connectivity index (χ0v) is 23.6. The molecule has 1 amide bonds. The lowest BCUT2D eigenvalue weighted by atomic mass is 9.98. The molecule has 5 rings (SSSR count). The van der Waals surface area contributed by atoms with Crippen LogP contribution in [0.4, 0.5) is 5.13 Å². The highest BCUT2D eigenvalue weighted by Crippen LogP contribution is 2.45. The van der Waals surface area contributed by atoms with E-state index in [2.05, 4.69) is 11.9 Å². The maximum absolute atomic E-state index is 13.9. The number of anilines is 1. The Morgan fingerprint density at radius 3 is 2.62 bits per heavy atom. The third kappa shape index (κ3) is 4.83. The predicted molar refractivity (Wildman–Crippen MR) is 152 cm³/mol. The van der Waals surface area contributed by atoms with E-state index in [4.69, 9.17) is 18.6 Å². The fourth-order valence-corrected chi connectivity index (χ4v) is 5.83. The third-order valence-corrected chi connectivity index (χ3v) is 7.87. The highest BCUT2D eigenvalue weighted by molar-refractivity contribution is 7.17. The molecular formula is C30H30N2O7S. The van der Waals surface area contributed by atoms with Crippen molar-refractivity contribution in [3.05, 3.63) is 80.1 Å². The zero-order valence-electron chi connectivity index (χ0n) is 22.8. The highest BCUT2D eigenvalue weighted by Gasteiger charge is 2.45. The molecule has 4 aromatic rings. The Kier molecular flexibility index (Phi) is 7.88. The Morgan fingerprint density at radius 1 is 1.07 bits per heavy atom. The number of nitrogens with zero attached hydrogens (tertiary/aromatic N) is 2. The normalized spacial score (nSPS) is 14.4. The number of benzene rings is 2. The first-order valence-corrected chi connectivity index (χ1v) is 14.1. The summed E-state index contributed by atoms with van der Waals surface area (Å²) in [6.07, 6.45) is 3.06. The molecule has 0 saturated heterocycles. The summed E-state index contributed by atoms with van der Waals surface area (Å²) in [5, 5.41) is 0.619. The first-order valence-electron chi connectivity index (χ1n) is 13.2. The number of unbranched alkanes of at least 4 members (excludes halogenated alkanes) is 2. The van der Waals surface area contributed by atoms with Crippen LogP contribution in [0.5, 0.6) is 11.5 Å². The Morgan fingerprint density at radius 2 is 1.88 bits per heavy atom. The van der Waals surface area contributed by atoms with Gasteiger partial charge in [-0.2, -0.15) is 0 Å². The maximum atomic E-state index is 13.9. The van der Waals surface area contributed by atoms with Gasteiger partial charge in [-0.1, -0.05) is 49.3 Å². The molecule has 1 unspecified atom stereocenters. The molecule has 3 heterocycles. The molecule has 9 nitrogen and oxygen atoms in total. The van der Waals surface area contributed by atoms with Gasteiger partial charge in [-0.15, -0.1) is 0 Å². The topological polar surface area (TPSA) is 108 Å². The summed E-state index contributed by atoms with van der Waals surface area (Å²) in [5.74, 6) is -0.0375. The lowest BCUT2D eigenvalue weighted by Gasteiger charge is -2.23. The standard InChI is InChI=1S/C30H30N2O7S/c1-5-7-10-15-38-21-14-13-18(16-22(21)37-6-2)24-23-25(33)19-11-8-9-12-20(19)39-26(23)28(34)32(24)30-31-17(3)27(40-30)29(35)36-4/h8-9,11-14,16,24H,5-7,10,15H2,1-4H3. The van der Waals surface area contributed by atoms with E-state index in [1.165, 1.54) is 12.0 Å². The maximum Gasteiger partial charge on any atom is 0.350 e. The number of aryl methyl sites for hydroxylation is 1. The van der Waals surface area contributed by atoms with E-state index in [0.29, 0.717) is 46.9 Å². The zero-order chi connectivity index (χ0) is 28.4. The largest absolute Gasteiger partial charge is 0.490 e. The summed E-state index contributed by atoms with van der Waals surface area (Å²) in [4.78, 5) is 46.3. The second kappa shape index (κ2) is 11.5. The number of carbonyl (C=O) groups is 2. The molecule has 2 aromatic heterocycles. The van der Waals surface area contributed by atoms with Crippen molar-refractivity contribution in [2.75, 3.05) is 25.2 Å². The molecule has 0 bridgehead atoms. The lowest BCUT2D eigenvalue weighted by molar-refractivity contribution is 0.0605. The van der Waals surface area contributed by atoms with Crippen LogP contribution in [0.15, 0.2) is 51.7 Å². The number of amides is 1. The molecule has 2 aromatic carbocycles. The van der Waals surface area contributed by atoms with Crippen LogP contribution in [0.2, 0.25) is 0 Å². The van der Waals surface area contributed by atoms with E-state index < -0.39 is 17.9 Å². The van der Waals surface area contributed by atoms with Crippen LogP contribution >= 0.6 is 11.3 Å². The van der Waals surface area contributed by atoms with Crippen LogP contribution in [0.1, 0.15) is 76.2 Å². The van der Waals surface area contributed by atoms with Crippen molar-refractivity contribution in [1.82, 2.24) is 4.98 Å². The minimum Gasteiger partial charge on any atom is -0.490 e. The molecule has 0 saturated carbocycles. The number of fused-ring (bicyclic) bond motifs is 2. The molecule has 10 heteroatoms. The molecule has 0 N–H and O–H groups in total. The van der Waals surface area contributed by atoms with Crippen LogP contribution in [0, 0.1) is 6.92 Å². The van der Waals surface area contributed by atoms with Gasteiger partial charge in [-0.3, -0.25) is 14.5 Å². The van der Waals surface area contributed by atoms with E-state index >= 15 is 0 Å². The second-order valence-corrected chi connectivity index (χ2v) is 10.3. The Bertz CT molecular complexity index is 1640. The van der Waals surface area contributed by atoms with Gasteiger partial charge in [-0.05, 0) is 50.1 Å². The van der Waals surface area contributed by atoms with Crippen molar-refractivity contribution in [2.45, 2.75) is 46.1 Å². The van der Waals surface area contributed by atoms with Crippen molar-refractivity contribution in [3.8, 4) is 11.5 Å².